The van der Waals surface area contributed by atoms with Crippen molar-refractivity contribution in [1.29, 1.82) is 0 Å². The Labute approximate surface area is 94.3 Å². The van der Waals surface area contributed by atoms with Crippen molar-refractivity contribution in [3.05, 3.63) is 0 Å². The van der Waals surface area contributed by atoms with E-state index in [9.17, 15) is 0 Å². The molecule has 15 heavy (non-hydrogen) atoms. The van der Waals surface area contributed by atoms with Crippen molar-refractivity contribution < 1.29 is 0 Å². The zero-order valence-corrected chi connectivity index (χ0v) is 10.8. The molecule has 0 bridgehead atoms. The first-order valence-corrected chi connectivity index (χ1v) is 5.93. The van der Waals surface area contributed by atoms with E-state index in [1.165, 1.54) is 0 Å². The van der Waals surface area contributed by atoms with Gasteiger partial charge in [0, 0.05) is 25.2 Å². The highest BCUT2D eigenvalue weighted by Crippen LogP contribution is 2.05. The van der Waals surface area contributed by atoms with E-state index < -0.39 is 0 Å². The molecule has 0 N–H and O–H groups in total. The number of rotatable bonds is 7. The number of aliphatic imine (C=N–C) groups is 2. The largest absolute Gasteiger partial charge is 0.298 e. The van der Waals surface area contributed by atoms with Gasteiger partial charge in [0.05, 0.1) is 12.6 Å². The molecule has 0 aliphatic carbocycles. The van der Waals surface area contributed by atoms with Crippen molar-refractivity contribution in [3.63, 3.8) is 0 Å². The van der Waals surface area contributed by atoms with Crippen LogP contribution in [0.15, 0.2) is 9.98 Å². The van der Waals surface area contributed by atoms with Gasteiger partial charge in [-0.2, -0.15) is 0 Å². The molecule has 0 saturated carbocycles. The zero-order valence-electron chi connectivity index (χ0n) is 10.8. The van der Waals surface area contributed by atoms with Gasteiger partial charge in [-0.3, -0.25) is 4.90 Å². The predicted molar refractivity (Wildman–Crippen MR) is 66.9 cm³/mol. The minimum absolute atomic E-state index is 0.610. The Balaban J connectivity index is 3.77. The molecule has 0 saturated heterocycles. The summed E-state index contributed by atoms with van der Waals surface area (Å²) in [7, 11) is 0. The van der Waals surface area contributed by atoms with Gasteiger partial charge in [-0.25, -0.2) is 9.98 Å². The van der Waals surface area contributed by atoms with Crippen LogP contribution < -0.4 is 0 Å². The van der Waals surface area contributed by atoms with Crippen molar-refractivity contribution in [2.24, 2.45) is 9.98 Å². The van der Waals surface area contributed by atoms with Gasteiger partial charge in [-0.15, -0.1) is 0 Å². The molecule has 0 heterocycles. The van der Waals surface area contributed by atoms with Gasteiger partial charge in [0.2, 0.25) is 0 Å². The van der Waals surface area contributed by atoms with Gasteiger partial charge >= 0.3 is 0 Å². The molecule has 0 aliphatic heterocycles. The van der Waals surface area contributed by atoms with E-state index in [0.29, 0.717) is 12.1 Å². The average molecular weight is 211 g/mol. The van der Waals surface area contributed by atoms with Gasteiger partial charge in [0.1, 0.15) is 0 Å². The quantitative estimate of drug-likeness (QED) is 0.470. The lowest BCUT2D eigenvalue weighted by atomic mass is 10.2. The molecule has 3 heteroatoms. The van der Waals surface area contributed by atoms with Gasteiger partial charge in [-0.05, 0) is 41.0 Å². The lowest BCUT2D eigenvalue weighted by molar-refractivity contribution is 0.174. The Bertz CT molecular complexity index is 195. The van der Waals surface area contributed by atoms with Gasteiger partial charge < -0.3 is 0 Å². The maximum absolute atomic E-state index is 4.11. The summed E-state index contributed by atoms with van der Waals surface area (Å²) in [5.41, 5.74) is 0. The van der Waals surface area contributed by atoms with Crippen LogP contribution in [0.1, 0.15) is 41.0 Å². The van der Waals surface area contributed by atoms with Crippen molar-refractivity contribution in [2.45, 2.75) is 53.1 Å². The minimum Gasteiger partial charge on any atom is -0.298 e. The molecule has 0 aromatic heterocycles. The number of hydrogen-bond acceptors (Lipinski definition) is 3. The van der Waals surface area contributed by atoms with Crippen molar-refractivity contribution in [3.8, 4) is 0 Å². The van der Waals surface area contributed by atoms with Crippen LogP contribution >= 0.6 is 0 Å². The second-order valence-corrected chi connectivity index (χ2v) is 4.23. The SMILES string of the molecule is CCN=C=NCCCN(C(C)C)C(C)C. The van der Waals surface area contributed by atoms with Crippen molar-refractivity contribution in [1.82, 2.24) is 4.90 Å². The van der Waals surface area contributed by atoms with Gasteiger partial charge in [-0.1, -0.05) is 0 Å². The molecule has 88 valence electrons. The molecule has 0 atom stereocenters. The summed E-state index contributed by atoms with van der Waals surface area (Å²) in [6.45, 7) is 13.6. The topological polar surface area (TPSA) is 28.0 Å². The normalized spacial score (nSPS) is 10.9. The third-order valence-electron chi connectivity index (χ3n) is 2.31. The summed E-state index contributed by atoms with van der Waals surface area (Å²) < 4.78 is 0. The van der Waals surface area contributed by atoms with Crippen LogP contribution in [0.25, 0.3) is 0 Å². The highest BCUT2D eigenvalue weighted by Gasteiger charge is 2.11. The van der Waals surface area contributed by atoms with Crippen LogP contribution in [0.5, 0.6) is 0 Å². The summed E-state index contributed by atoms with van der Waals surface area (Å²) in [5.74, 6) is 0. The smallest absolute Gasteiger partial charge is 0.0892 e. The first kappa shape index (κ1) is 14.3. The first-order chi connectivity index (χ1) is 7.09. The van der Waals surface area contributed by atoms with E-state index >= 15 is 0 Å². The van der Waals surface area contributed by atoms with Gasteiger partial charge in [0.15, 0.2) is 0 Å². The average Bonchev–Trinajstić information content (AvgIpc) is 2.15. The lowest BCUT2D eigenvalue weighted by Gasteiger charge is -2.30. The molecule has 0 spiro atoms. The van der Waals surface area contributed by atoms with E-state index in [1.54, 1.807) is 0 Å². The molecular weight excluding hydrogens is 186 g/mol. The predicted octanol–water partition coefficient (Wildman–Crippen LogP) is 2.69. The standard InChI is InChI=1S/C12H25N3/c1-6-13-10-14-8-7-9-15(11(2)3)12(4)5/h11-12H,6-9H2,1-5H3. The Morgan fingerprint density at radius 1 is 1.07 bits per heavy atom. The molecular formula is C12H25N3. The van der Waals surface area contributed by atoms with Crippen molar-refractivity contribution in [2.75, 3.05) is 19.6 Å². The van der Waals surface area contributed by atoms with E-state index in [0.717, 1.165) is 26.1 Å². The second-order valence-electron chi connectivity index (χ2n) is 4.23. The Morgan fingerprint density at radius 3 is 2.13 bits per heavy atom. The van der Waals surface area contributed by atoms with Crippen LogP contribution in [0.3, 0.4) is 0 Å². The Kier molecular flexibility index (Phi) is 8.25. The third kappa shape index (κ3) is 7.29. The van der Waals surface area contributed by atoms with E-state index in [-0.39, 0.29) is 0 Å². The number of hydrogen-bond donors (Lipinski definition) is 0. The summed E-state index contributed by atoms with van der Waals surface area (Å²) >= 11 is 0. The number of nitrogens with zero attached hydrogens (tertiary/aromatic N) is 3. The molecule has 3 nitrogen and oxygen atoms in total. The second kappa shape index (κ2) is 8.63. The van der Waals surface area contributed by atoms with Crippen LogP contribution in [-0.2, 0) is 0 Å². The molecule has 0 fully saturated rings. The molecule has 0 aliphatic rings. The minimum atomic E-state index is 0.610. The summed E-state index contributed by atoms with van der Waals surface area (Å²) in [6.07, 6.45) is 1.09. The first-order valence-electron chi connectivity index (χ1n) is 5.93. The van der Waals surface area contributed by atoms with E-state index in [1.807, 2.05) is 6.92 Å². The fourth-order valence-corrected chi connectivity index (χ4v) is 1.62. The Hall–Kier alpha value is -0.660. The van der Waals surface area contributed by atoms with Crippen LogP contribution in [-0.4, -0.2) is 42.6 Å². The molecule has 0 rings (SSSR count). The summed E-state index contributed by atoms with van der Waals surface area (Å²) in [4.78, 5) is 10.5. The fraction of sp³-hybridized carbons (Fsp3) is 0.917. The van der Waals surface area contributed by atoms with E-state index in [4.69, 9.17) is 0 Å². The third-order valence-corrected chi connectivity index (χ3v) is 2.31. The van der Waals surface area contributed by atoms with E-state index in [2.05, 4.69) is 48.6 Å². The van der Waals surface area contributed by atoms with Crippen LogP contribution in [0.2, 0.25) is 0 Å². The van der Waals surface area contributed by atoms with Crippen LogP contribution in [0.4, 0.5) is 0 Å². The van der Waals surface area contributed by atoms with Gasteiger partial charge in [0.25, 0.3) is 0 Å². The molecule has 0 unspecified atom stereocenters. The summed E-state index contributed by atoms with van der Waals surface area (Å²) in [5, 5.41) is 0. The summed E-state index contributed by atoms with van der Waals surface area (Å²) in [6, 6.07) is 3.92. The maximum atomic E-state index is 4.11. The molecule has 0 aromatic rings. The highest BCUT2D eigenvalue weighted by molar-refractivity contribution is 5.40. The molecule has 0 aromatic carbocycles. The maximum Gasteiger partial charge on any atom is 0.0892 e. The molecule has 0 radical (unpaired) electrons. The monoisotopic (exact) mass is 211 g/mol. The lowest BCUT2D eigenvalue weighted by Crippen LogP contribution is -2.37. The zero-order chi connectivity index (χ0) is 11.7. The fourth-order valence-electron chi connectivity index (χ4n) is 1.62. The van der Waals surface area contributed by atoms with Crippen molar-refractivity contribution >= 4 is 6.01 Å². The highest BCUT2D eigenvalue weighted by atomic mass is 15.2. The molecule has 0 amide bonds. The van der Waals surface area contributed by atoms with Crippen LogP contribution in [0, 0.1) is 0 Å². The Morgan fingerprint density at radius 2 is 1.67 bits per heavy atom.